The van der Waals surface area contributed by atoms with E-state index in [1.165, 1.54) is 18.4 Å². The van der Waals surface area contributed by atoms with Crippen LogP contribution in [0.4, 0.5) is 11.4 Å². The van der Waals surface area contributed by atoms with Gasteiger partial charge in [0, 0.05) is 18.9 Å². The maximum atomic E-state index is 12.1. The van der Waals surface area contributed by atoms with E-state index in [1.807, 2.05) is 0 Å². The van der Waals surface area contributed by atoms with Gasteiger partial charge in [-0.15, -0.1) is 0 Å². The minimum Gasteiger partial charge on any atom is -0.461 e. The number of furan rings is 1. The zero-order valence-electron chi connectivity index (χ0n) is 13.3. The van der Waals surface area contributed by atoms with Crippen LogP contribution < -0.4 is 5.32 Å². The molecule has 2 heterocycles. The minimum absolute atomic E-state index is 0.0437. The number of carbonyl (C=O) groups excluding carboxylic acids is 1. The van der Waals surface area contributed by atoms with Gasteiger partial charge in [-0.1, -0.05) is 11.2 Å². The Kier molecular flexibility index (Phi) is 4.55. The van der Waals surface area contributed by atoms with Gasteiger partial charge in [0.15, 0.2) is 5.76 Å². The fraction of sp³-hybridized carbons (Fsp3) is 0.188. The summed E-state index contributed by atoms with van der Waals surface area (Å²) in [5.74, 6) is 0.792. The topological polar surface area (TPSA) is 124 Å². The number of rotatable bonds is 6. The van der Waals surface area contributed by atoms with E-state index in [0.29, 0.717) is 28.7 Å². The van der Waals surface area contributed by atoms with Gasteiger partial charge in [0.25, 0.3) is 5.69 Å². The highest BCUT2D eigenvalue weighted by Crippen LogP contribution is 2.25. The number of carbonyl (C=O) groups is 1. The number of benzene rings is 1. The van der Waals surface area contributed by atoms with Gasteiger partial charge < -0.3 is 14.3 Å². The molecule has 0 aliphatic heterocycles. The van der Waals surface area contributed by atoms with Crippen LogP contribution in [0.15, 0.2) is 45.5 Å². The molecule has 1 aromatic carbocycles. The second-order valence-electron chi connectivity index (χ2n) is 5.24. The van der Waals surface area contributed by atoms with Crippen LogP contribution in [0.1, 0.15) is 17.9 Å². The Morgan fingerprint density at radius 3 is 2.88 bits per heavy atom. The first-order valence-corrected chi connectivity index (χ1v) is 7.45. The molecule has 128 valence electrons. The van der Waals surface area contributed by atoms with Crippen molar-refractivity contribution in [3.05, 3.63) is 58.2 Å². The number of aromatic nitrogens is 2. The summed E-state index contributed by atoms with van der Waals surface area (Å²) in [5, 5.41) is 17.4. The lowest BCUT2D eigenvalue weighted by Gasteiger charge is -2.07. The molecule has 0 spiro atoms. The molecule has 0 fully saturated rings. The number of amides is 1. The largest absolute Gasteiger partial charge is 0.461 e. The summed E-state index contributed by atoms with van der Waals surface area (Å²) in [6.07, 6.45) is 1.84. The Balaban J connectivity index is 1.60. The first-order chi connectivity index (χ1) is 12.0. The Labute approximate surface area is 141 Å². The molecule has 9 heteroatoms. The maximum Gasteiger partial charge on any atom is 0.274 e. The molecule has 0 saturated heterocycles. The summed E-state index contributed by atoms with van der Waals surface area (Å²) < 4.78 is 10.2. The van der Waals surface area contributed by atoms with Gasteiger partial charge in [0.1, 0.15) is 0 Å². The number of hydrogen-bond acceptors (Lipinski definition) is 7. The molecule has 0 atom stereocenters. The third kappa shape index (κ3) is 3.71. The summed E-state index contributed by atoms with van der Waals surface area (Å²) in [6.45, 7) is 1.58. The average molecular weight is 342 g/mol. The van der Waals surface area contributed by atoms with Crippen molar-refractivity contribution in [2.24, 2.45) is 0 Å². The summed E-state index contributed by atoms with van der Waals surface area (Å²) in [4.78, 5) is 26.7. The molecular formula is C16H14N4O5. The van der Waals surface area contributed by atoms with Crippen LogP contribution in [0.3, 0.4) is 0 Å². The molecule has 0 saturated carbocycles. The molecule has 25 heavy (non-hydrogen) atoms. The molecule has 0 aliphatic carbocycles. The zero-order valence-corrected chi connectivity index (χ0v) is 13.3. The number of nitro benzene ring substituents is 1. The van der Waals surface area contributed by atoms with Crippen molar-refractivity contribution >= 4 is 17.3 Å². The lowest BCUT2D eigenvalue weighted by atomic mass is 10.1. The van der Waals surface area contributed by atoms with Crippen molar-refractivity contribution in [3.63, 3.8) is 0 Å². The number of nitro groups is 1. The number of hydrogen-bond donors (Lipinski definition) is 1. The van der Waals surface area contributed by atoms with Crippen molar-refractivity contribution in [3.8, 4) is 11.6 Å². The van der Waals surface area contributed by atoms with Crippen molar-refractivity contribution in [1.82, 2.24) is 10.1 Å². The summed E-state index contributed by atoms with van der Waals surface area (Å²) in [6, 6.07) is 7.93. The van der Waals surface area contributed by atoms with E-state index >= 15 is 0 Å². The van der Waals surface area contributed by atoms with Crippen molar-refractivity contribution in [2.45, 2.75) is 19.8 Å². The van der Waals surface area contributed by atoms with Crippen LogP contribution in [-0.4, -0.2) is 21.0 Å². The highest BCUT2D eigenvalue weighted by Gasteiger charge is 2.16. The predicted molar refractivity (Wildman–Crippen MR) is 86.8 cm³/mol. The van der Waals surface area contributed by atoms with Gasteiger partial charge in [-0.3, -0.25) is 14.9 Å². The van der Waals surface area contributed by atoms with Crippen LogP contribution >= 0.6 is 0 Å². The normalized spacial score (nSPS) is 10.6. The summed E-state index contributed by atoms with van der Waals surface area (Å²) >= 11 is 0. The van der Waals surface area contributed by atoms with Gasteiger partial charge >= 0.3 is 0 Å². The monoisotopic (exact) mass is 342 g/mol. The van der Waals surface area contributed by atoms with Gasteiger partial charge in [0.2, 0.25) is 17.6 Å². The number of aryl methyl sites for hydroxylation is 1. The van der Waals surface area contributed by atoms with Crippen molar-refractivity contribution < 1.29 is 18.7 Å². The first kappa shape index (κ1) is 16.4. The molecule has 0 aliphatic rings. The Hall–Kier alpha value is -3.49. The first-order valence-electron chi connectivity index (χ1n) is 7.45. The van der Waals surface area contributed by atoms with Crippen LogP contribution in [0.2, 0.25) is 0 Å². The van der Waals surface area contributed by atoms with Gasteiger partial charge in [-0.25, -0.2) is 0 Å². The minimum atomic E-state index is -0.487. The second kappa shape index (κ2) is 6.95. The zero-order chi connectivity index (χ0) is 17.8. The molecule has 1 amide bonds. The highest BCUT2D eigenvalue weighted by molar-refractivity contribution is 5.92. The van der Waals surface area contributed by atoms with E-state index in [-0.39, 0.29) is 24.4 Å². The molecule has 9 nitrogen and oxygen atoms in total. The summed E-state index contributed by atoms with van der Waals surface area (Å²) in [5.41, 5.74) is 0.762. The lowest BCUT2D eigenvalue weighted by molar-refractivity contribution is -0.385. The second-order valence-corrected chi connectivity index (χ2v) is 5.24. The van der Waals surface area contributed by atoms with Crippen LogP contribution in [0.25, 0.3) is 11.6 Å². The third-order valence-electron chi connectivity index (χ3n) is 3.55. The van der Waals surface area contributed by atoms with Crippen LogP contribution in [-0.2, 0) is 11.2 Å². The van der Waals surface area contributed by atoms with Gasteiger partial charge in [-0.05, 0) is 25.1 Å². The quantitative estimate of drug-likeness (QED) is 0.539. The van der Waals surface area contributed by atoms with E-state index in [2.05, 4.69) is 15.5 Å². The van der Waals surface area contributed by atoms with Crippen LogP contribution in [0, 0.1) is 17.0 Å². The number of nitrogens with zero attached hydrogens (tertiary/aromatic N) is 3. The number of anilines is 1. The molecule has 0 radical (unpaired) electrons. The maximum absolute atomic E-state index is 12.1. The molecule has 0 bridgehead atoms. The van der Waals surface area contributed by atoms with E-state index in [4.69, 9.17) is 8.94 Å². The van der Waals surface area contributed by atoms with Gasteiger partial charge in [0.05, 0.1) is 22.4 Å². The Morgan fingerprint density at radius 2 is 2.16 bits per heavy atom. The molecule has 2 aromatic heterocycles. The summed E-state index contributed by atoms with van der Waals surface area (Å²) in [7, 11) is 0. The smallest absolute Gasteiger partial charge is 0.274 e. The van der Waals surface area contributed by atoms with E-state index in [1.54, 1.807) is 25.1 Å². The molecule has 3 aromatic rings. The van der Waals surface area contributed by atoms with E-state index in [0.717, 1.165) is 0 Å². The Morgan fingerprint density at radius 1 is 1.32 bits per heavy atom. The van der Waals surface area contributed by atoms with E-state index < -0.39 is 4.92 Å². The SMILES string of the molecule is Cc1c(NC(=O)CCc2nc(-c3ccco3)no2)cccc1[N+](=O)[O-]. The van der Waals surface area contributed by atoms with E-state index in [9.17, 15) is 14.9 Å². The van der Waals surface area contributed by atoms with Crippen molar-refractivity contribution in [2.75, 3.05) is 5.32 Å². The predicted octanol–water partition coefficient (Wildman–Crippen LogP) is 3.12. The Bertz CT molecular complexity index is 901. The average Bonchev–Trinajstić information content (AvgIpc) is 3.25. The molecule has 3 rings (SSSR count). The van der Waals surface area contributed by atoms with Crippen LogP contribution in [0.5, 0.6) is 0 Å². The lowest BCUT2D eigenvalue weighted by Crippen LogP contribution is -2.13. The number of nitrogens with one attached hydrogen (secondary N) is 1. The van der Waals surface area contributed by atoms with Gasteiger partial charge in [-0.2, -0.15) is 4.98 Å². The van der Waals surface area contributed by atoms with Crippen molar-refractivity contribution in [1.29, 1.82) is 0 Å². The third-order valence-corrected chi connectivity index (χ3v) is 3.55. The fourth-order valence-electron chi connectivity index (χ4n) is 2.25. The molecular weight excluding hydrogens is 328 g/mol. The standard InChI is InChI=1S/C16H14N4O5/c1-10-11(4-2-5-12(10)20(22)23)17-14(21)7-8-15-18-16(19-25-15)13-6-3-9-24-13/h2-6,9H,7-8H2,1H3,(H,17,21). The fourth-order valence-corrected chi connectivity index (χ4v) is 2.25. The molecule has 0 unspecified atom stereocenters. The molecule has 1 N–H and O–H groups in total. The highest BCUT2D eigenvalue weighted by atomic mass is 16.6.